The molecule has 0 radical (unpaired) electrons. The summed E-state index contributed by atoms with van der Waals surface area (Å²) in [6.07, 6.45) is 2.08. The zero-order valence-corrected chi connectivity index (χ0v) is 21.1. The molecule has 0 aromatic carbocycles. The van der Waals surface area contributed by atoms with Gasteiger partial charge in [0, 0.05) is 51.2 Å². The molecule has 1 aliphatic rings. The molecule has 1 aliphatic heterocycles. The number of nitrogens with one attached hydrogen (secondary N) is 3. The quantitative estimate of drug-likeness (QED) is 0.464. The normalized spacial score (nSPS) is 13.6. The molecule has 0 saturated carbocycles. The van der Waals surface area contributed by atoms with Gasteiger partial charge in [-0.05, 0) is 19.2 Å². The monoisotopic (exact) mass is 529 g/mol. The third-order valence-electron chi connectivity index (χ3n) is 4.80. The van der Waals surface area contributed by atoms with Crippen LogP contribution in [0.1, 0.15) is 20.4 Å². The van der Waals surface area contributed by atoms with Gasteiger partial charge in [0.05, 0.1) is 10.7 Å². The van der Waals surface area contributed by atoms with Gasteiger partial charge in [-0.25, -0.2) is 9.97 Å². The van der Waals surface area contributed by atoms with Gasteiger partial charge >= 0.3 is 11.8 Å². The summed E-state index contributed by atoms with van der Waals surface area (Å²) in [6.45, 7) is 1.30. The van der Waals surface area contributed by atoms with Crippen LogP contribution in [0.4, 0.5) is 5.82 Å². The van der Waals surface area contributed by atoms with Crippen LogP contribution in [0.5, 0.6) is 0 Å². The molecule has 0 spiro atoms. The second kappa shape index (κ2) is 12.1. The second-order valence-electron chi connectivity index (χ2n) is 7.66. The average Bonchev–Trinajstić information content (AvgIpc) is 3.20. The fraction of sp³-hybridized carbons (Fsp3) is 0.400. The summed E-state index contributed by atoms with van der Waals surface area (Å²) >= 11 is 7.02. The second-order valence-corrected chi connectivity index (χ2v) is 9.18. The number of rotatable bonds is 6. The molecule has 4 amide bonds. The minimum Gasteiger partial charge on any atom is -0.347 e. The molecule has 0 saturated heterocycles. The predicted molar refractivity (Wildman–Crippen MR) is 130 cm³/mol. The number of amides is 4. The summed E-state index contributed by atoms with van der Waals surface area (Å²) in [5, 5.41) is 7.95. The fourth-order valence-corrected chi connectivity index (χ4v) is 4.25. The Hall–Kier alpha value is -2.80. The zero-order valence-electron chi connectivity index (χ0n) is 18.8. The minimum atomic E-state index is -1.08. The number of anilines is 1. The van der Waals surface area contributed by atoms with Gasteiger partial charge in [-0.2, -0.15) is 0 Å². The van der Waals surface area contributed by atoms with Crippen LogP contribution in [-0.4, -0.2) is 83.7 Å². The molecule has 0 fully saturated rings. The minimum absolute atomic E-state index is 0. The molecular formula is C20H25Cl2N7O4S. The maximum atomic E-state index is 12.8. The van der Waals surface area contributed by atoms with Crippen molar-refractivity contribution < 1.29 is 19.2 Å². The number of likely N-dealkylation sites (N-methyl/N-ethyl adjacent to an activating group) is 2. The molecule has 11 nitrogen and oxygen atoms in total. The number of aromatic nitrogens is 2. The number of thiazole rings is 1. The molecule has 2 aromatic rings. The highest BCUT2D eigenvalue weighted by Gasteiger charge is 2.27. The maximum Gasteiger partial charge on any atom is 0.314 e. The zero-order chi connectivity index (χ0) is 24.1. The van der Waals surface area contributed by atoms with Crippen LogP contribution in [-0.2, 0) is 27.3 Å². The summed E-state index contributed by atoms with van der Waals surface area (Å²) in [6, 6.07) is 1.87. The van der Waals surface area contributed by atoms with E-state index in [0.717, 1.165) is 23.5 Å². The van der Waals surface area contributed by atoms with Crippen LogP contribution >= 0.6 is 35.3 Å². The van der Waals surface area contributed by atoms with Crippen molar-refractivity contribution >= 4 is 64.8 Å². The molecule has 1 unspecified atom stereocenters. The van der Waals surface area contributed by atoms with Gasteiger partial charge in [-0.15, -0.1) is 23.7 Å². The van der Waals surface area contributed by atoms with Crippen molar-refractivity contribution in [1.82, 2.24) is 30.4 Å². The van der Waals surface area contributed by atoms with Crippen LogP contribution in [0.25, 0.3) is 0 Å². The first kappa shape index (κ1) is 27.4. The van der Waals surface area contributed by atoms with E-state index in [1.807, 2.05) is 7.05 Å². The van der Waals surface area contributed by atoms with E-state index in [0.29, 0.717) is 11.6 Å². The van der Waals surface area contributed by atoms with E-state index in [1.54, 1.807) is 0 Å². The fourth-order valence-electron chi connectivity index (χ4n) is 3.05. The Bertz CT molecular complexity index is 1060. The number of nitrogens with zero attached hydrogens (tertiary/aromatic N) is 4. The van der Waals surface area contributed by atoms with Crippen molar-refractivity contribution in [2.75, 3.05) is 39.5 Å². The Balaban J connectivity index is 0.00000408. The predicted octanol–water partition coefficient (Wildman–Crippen LogP) is 0.543. The molecule has 184 valence electrons. The summed E-state index contributed by atoms with van der Waals surface area (Å²) in [4.78, 5) is 62.4. The van der Waals surface area contributed by atoms with Crippen molar-refractivity contribution in [2.45, 2.75) is 19.0 Å². The van der Waals surface area contributed by atoms with E-state index in [4.69, 9.17) is 11.6 Å². The molecule has 3 heterocycles. The standard InChI is InChI=1S/C20H24ClN7O4S.ClH/c1-27(2)20(32)13(9-23-16(29)17(30)26-15-5-4-11(21)8-22-15)24-18(31)19-25-12-6-7-28(3)10-14(12)33-19;/h4-5,8,13H,6-7,9-10H2,1-3H3,(H,23,29)(H,24,31)(H,22,26,30);1H. The topological polar surface area (TPSA) is 137 Å². The van der Waals surface area contributed by atoms with Crippen LogP contribution in [0.2, 0.25) is 5.02 Å². The molecule has 3 N–H and O–H groups in total. The van der Waals surface area contributed by atoms with Crippen LogP contribution in [0.15, 0.2) is 18.3 Å². The molecular weight excluding hydrogens is 505 g/mol. The Labute approximate surface area is 211 Å². The van der Waals surface area contributed by atoms with Gasteiger partial charge < -0.3 is 25.8 Å². The molecule has 2 aromatic heterocycles. The van der Waals surface area contributed by atoms with Gasteiger partial charge in [0.2, 0.25) is 5.91 Å². The van der Waals surface area contributed by atoms with Crippen molar-refractivity contribution in [1.29, 1.82) is 0 Å². The lowest BCUT2D eigenvalue weighted by molar-refractivity contribution is -0.136. The van der Waals surface area contributed by atoms with Crippen molar-refractivity contribution in [3.8, 4) is 0 Å². The van der Waals surface area contributed by atoms with E-state index >= 15 is 0 Å². The third-order valence-corrected chi connectivity index (χ3v) is 6.11. The molecule has 1 atom stereocenters. The summed E-state index contributed by atoms with van der Waals surface area (Å²) in [5.74, 6) is -2.76. The summed E-state index contributed by atoms with van der Waals surface area (Å²) in [5.41, 5.74) is 0.888. The number of fused-ring (bicyclic) bond motifs is 1. The van der Waals surface area contributed by atoms with Gasteiger partial charge in [0.1, 0.15) is 11.9 Å². The first-order valence-electron chi connectivity index (χ1n) is 10.0. The number of hydrogen-bond donors (Lipinski definition) is 3. The number of halogens is 2. The Kier molecular flexibility index (Phi) is 9.74. The summed E-state index contributed by atoms with van der Waals surface area (Å²) in [7, 11) is 5.05. The molecule has 3 rings (SSSR count). The maximum absolute atomic E-state index is 12.8. The lowest BCUT2D eigenvalue weighted by atomic mass is 10.2. The lowest BCUT2D eigenvalue weighted by Gasteiger charge is -2.21. The SMILES string of the molecule is CN1CCc2nc(C(=O)NC(CNC(=O)C(=O)Nc3ccc(Cl)cn3)C(=O)N(C)C)sc2C1.Cl. The first-order chi connectivity index (χ1) is 15.6. The highest BCUT2D eigenvalue weighted by Crippen LogP contribution is 2.24. The van der Waals surface area contributed by atoms with E-state index < -0.39 is 29.7 Å². The summed E-state index contributed by atoms with van der Waals surface area (Å²) < 4.78 is 0. The van der Waals surface area contributed by atoms with E-state index in [2.05, 4.69) is 30.8 Å². The van der Waals surface area contributed by atoms with Gasteiger partial charge in [0.15, 0.2) is 5.01 Å². The van der Waals surface area contributed by atoms with E-state index in [9.17, 15) is 19.2 Å². The average molecular weight is 530 g/mol. The number of pyridine rings is 1. The number of hydrogen-bond acceptors (Lipinski definition) is 8. The van der Waals surface area contributed by atoms with Crippen LogP contribution in [0.3, 0.4) is 0 Å². The van der Waals surface area contributed by atoms with Gasteiger partial charge in [-0.1, -0.05) is 11.6 Å². The van der Waals surface area contributed by atoms with Crippen molar-refractivity contribution in [3.63, 3.8) is 0 Å². The first-order valence-corrected chi connectivity index (χ1v) is 11.2. The molecule has 0 aliphatic carbocycles. The molecule has 34 heavy (non-hydrogen) atoms. The Morgan fingerprint density at radius 1 is 1.24 bits per heavy atom. The highest BCUT2D eigenvalue weighted by molar-refractivity contribution is 7.13. The largest absolute Gasteiger partial charge is 0.347 e. The van der Waals surface area contributed by atoms with Crippen molar-refractivity contribution in [3.05, 3.63) is 38.9 Å². The van der Waals surface area contributed by atoms with E-state index in [1.165, 1.54) is 48.7 Å². The Morgan fingerprint density at radius 2 is 1.97 bits per heavy atom. The molecule has 14 heteroatoms. The third kappa shape index (κ3) is 7.10. The number of carbonyl (C=O) groups excluding carboxylic acids is 4. The Morgan fingerprint density at radius 3 is 2.62 bits per heavy atom. The van der Waals surface area contributed by atoms with Crippen LogP contribution < -0.4 is 16.0 Å². The van der Waals surface area contributed by atoms with Gasteiger partial charge in [-0.3, -0.25) is 19.2 Å². The van der Waals surface area contributed by atoms with Gasteiger partial charge in [0.25, 0.3) is 5.91 Å². The van der Waals surface area contributed by atoms with Crippen LogP contribution in [0, 0.1) is 0 Å². The number of carbonyl (C=O) groups is 4. The van der Waals surface area contributed by atoms with E-state index in [-0.39, 0.29) is 29.8 Å². The highest BCUT2D eigenvalue weighted by atomic mass is 35.5. The molecule has 0 bridgehead atoms. The van der Waals surface area contributed by atoms with Crippen molar-refractivity contribution in [2.24, 2.45) is 0 Å². The lowest BCUT2D eigenvalue weighted by Crippen LogP contribution is -2.53. The smallest absolute Gasteiger partial charge is 0.314 e.